The summed E-state index contributed by atoms with van der Waals surface area (Å²) in [4.78, 5) is 16.0. The number of fused-ring (bicyclic) bond motifs is 1. The molecule has 0 saturated heterocycles. The molecule has 27 heavy (non-hydrogen) atoms. The van der Waals surface area contributed by atoms with E-state index in [9.17, 15) is 10.1 Å². The van der Waals surface area contributed by atoms with Crippen molar-refractivity contribution in [3.63, 3.8) is 0 Å². The highest BCUT2D eigenvalue weighted by Gasteiger charge is 2.24. The number of aromatic nitrogens is 1. The van der Waals surface area contributed by atoms with Crippen LogP contribution in [-0.2, 0) is 22.5 Å². The Morgan fingerprint density at radius 3 is 2.96 bits per heavy atom. The van der Waals surface area contributed by atoms with E-state index in [1.165, 1.54) is 10.4 Å². The minimum Gasteiger partial charge on any atom is -0.383 e. The number of carbonyl (C=O) groups excluding carboxylic acids is 1. The number of nitrogens with zero attached hydrogens (tertiary/aromatic N) is 3. The molecular formula is C21H25N3O2S. The second-order valence-corrected chi connectivity index (χ2v) is 8.02. The molecule has 6 heteroatoms. The lowest BCUT2D eigenvalue weighted by Crippen LogP contribution is -2.36. The number of hydrogen-bond donors (Lipinski definition) is 0. The highest BCUT2D eigenvalue weighted by molar-refractivity contribution is 7.10. The summed E-state index contributed by atoms with van der Waals surface area (Å²) in [6, 6.07) is 6.40. The maximum absolute atomic E-state index is 12.9. The van der Waals surface area contributed by atoms with Crippen molar-refractivity contribution in [1.29, 1.82) is 5.26 Å². The van der Waals surface area contributed by atoms with Crippen molar-refractivity contribution in [2.24, 2.45) is 0 Å². The van der Waals surface area contributed by atoms with Gasteiger partial charge >= 0.3 is 0 Å². The Balaban J connectivity index is 1.86. The molecule has 5 nitrogen and oxygen atoms in total. The van der Waals surface area contributed by atoms with Crippen molar-refractivity contribution in [2.45, 2.75) is 39.8 Å². The van der Waals surface area contributed by atoms with E-state index in [1.54, 1.807) is 29.4 Å². The molecule has 2 aromatic rings. The highest BCUT2D eigenvalue weighted by Crippen LogP contribution is 2.26. The summed E-state index contributed by atoms with van der Waals surface area (Å²) in [6.45, 7) is 8.01. The van der Waals surface area contributed by atoms with Crippen LogP contribution in [0.15, 0.2) is 23.1 Å². The zero-order chi connectivity index (χ0) is 19.6. The van der Waals surface area contributed by atoms with E-state index >= 15 is 0 Å². The largest absolute Gasteiger partial charge is 0.383 e. The van der Waals surface area contributed by atoms with Gasteiger partial charge in [0.25, 0.3) is 5.91 Å². The van der Waals surface area contributed by atoms with Crippen molar-refractivity contribution in [3.05, 3.63) is 50.5 Å². The minimum absolute atomic E-state index is 0.188. The van der Waals surface area contributed by atoms with Crippen LogP contribution in [0.3, 0.4) is 0 Å². The predicted molar refractivity (Wildman–Crippen MR) is 108 cm³/mol. The van der Waals surface area contributed by atoms with Crippen molar-refractivity contribution in [3.8, 4) is 6.07 Å². The van der Waals surface area contributed by atoms with E-state index in [0.29, 0.717) is 19.7 Å². The van der Waals surface area contributed by atoms with Gasteiger partial charge in [-0.1, -0.05) is 0 Å². The van der Waals surface area contributed by atoms with Gasteiger partial charge in [0, 0.05) is 36.5 Å². The SMILES string of the molecule is COCC(C)n1c(C)cc(/C=C(\C#N)C(=O)N2CCc3sccc3C2)c1C. The Kier molecular flexibility index (Phi) is 5.83. The molecule has 3 heterocycles. The second kappa shape index (κ2) is 8.12. The molecular weight excluding hydrogens is 358 g/mol. The Labute approximate surface area is 164 Å². The Hall–Kier alpha value is -2.36. The molecule has 0 bridgehead atoms. The van der Waals surface area contributed by atoms with Crippen LogP contribution < -0.4 is 0 Å². The standard InChI is InChI=1S/C21H25N3O2S/c1-14-9-18(16(3)24(14)15(2)13-26-4)10-19(11-22)21(25)23-7-5-20-17(12-23)6-8-27-20/h6,8-10,15H,5,7,12-13H2,1-4H3/b19-10+. The van der Waals surface area contributed by atoms with Crippen LogP contribution in [0, 0.1) is 25.2 Å². The number of amides is 1. The molecule has 1 amide bonds. The normalized spacial score (nSPS) is 15.4. The van der Waals surface area contributed by atoms with Gasteiger partial charge in [-0.25, -0.2) is 0 Å². The first kappa shape index (κ1) is 19.4. The third kappa shape index (κ3) is 3.85. The number of thiophene rings is 1. The molecule has 0 aromatic carbocycles. The van der Waals surface area contributed by atoms with Crippen molar-refractivity contribution < 1.29 is 9.53 Å². The number of hydrogen-bond acceptors (Lipinski definition) is 4. The fourth-order valence-electron chi connectivity index (χ4n) is 3.83. The van der Waals surface area contributed by atoms with Crippen LogP contribution in [0.1, 0.15) is 40.4 Å². The first-order chi connectivity index (χ1) is 13.0. The average molecular weight is 384 g/mol. The number of carbonyl (C=O) groups is 1. The lowest BCUT2D eigenvalue weighted by molar-refractivity contribution is -0.127. The number of ether oxygens (including phenoxy) is 1. The number of rotatable bonds is 5. The lowest BCUT2D eigenvalue weighted by atomic mass is 10.1. The van der Waals surface area contributed by atoms with Crippen molar-refractivity contribution in [2.75, 3.05) is 20.3 Å². The molecule has 2 aromatic heterocycles. The van der Waals surface area contributed by atoms with Crippen LogP contribution in [-0.4, -0.2) is 35.6 Å². The minimum atomic E-state index is -0.191. The number of nitriles is 1. The van der Waals surface area contributed by atoms with Crippen LogP contribution in [0.2, 0.25) is 0 Å². The molecule has 1 atom stereocenters. The molecule has 1 aliphatic heterocycles. The van der Waals surface area contributed by atoms with Gasteiger partial charge in [-0.2, -0.15) is 5.26 Å². The van der Waals surface area contributed by atoms with Crippen LogP contribution >= 0.6 is 11.3 Å². The van der Waals surface area contributed by atoms with Gasteiger partial charge in [0.15, 0.2) is 0 Å². The lowest BCUT2D eigenvalue weighted by Gasteiger charge is -2.26. The van der Waals surface area contributed by atoms with E-state index in [2.05, 4.69) is 29.0 Å². The van der Waals surface area contributed by atoms with Gasteiger partial charge in [0.1, 0.15) is 11.6 Å². The fraction of sp³-hybridized carbons (Fsp3) is 0.429. The van der Waals surface area contributed by atoms with Gasteiger partial charge in [-0.05, 0) is 61.9 Å². The molecule has 0 fully saturated rings. The smallest absolute Gasteiger partial charge is 0.264 e. The molecule has 0 radical (unpaired) electrons. The topological polar surface area (TPSA) is 58.3 Å². The highest BCUT2D eigenvalue weighted by atomic mass is 32.1. The van der Waals surface area contributed by atoms with Gasteiger partial charge < -0.3 is 14.2 Å². The summed E-state index contributed by atoms with van der Waals surface area (Å²) in [5, 5.41) is 11.7. The van der Waals surface area contributed by atoms with Crippen molar-refractivity contribution in [1.82, 2.24) is 9.47 Å². The maximum atomic E-state index is 12.9. The molecule has 1 unspecified atom stereocenters. The van der Waals surface area contributed by atoms with E-state index < -0.39 is 0 Å². The van der Waals surface area contributed by atoms with Crippen LogP contribution in [0.4, 0.5) is 0 Å². The van der Waals surface area contributed by atoms with Gasteiger partial charge in [-0.3, -0.25) is 4.79 Å². The molecule has 1 aliphatic rings. The van der Waals surface area contributed by atoms with E-state index in [-0.39, 0.29) is 17.5 Å². The first-order valence-electron chi connectivity index (χ1n) is 9.10. The summed E-state index contributed by atoms with van der Waals surface area (Å²) in [7, 11) is 1.69. The zero-order valence-electron chi connectivity index (χ0n) is 16.3. The maximum Gasteiger partial charge on any atom is 0.264 e. The number of methoxy groups -OCH3 is 1. The third-order valence-corrected chi connectivity index (χ3v) is 6.14. The predicted octanol–water partition coefficient (Wildman–Crippen LogP) is 3.87. The van der Waals surface area contributed by atoms with Crippen molar-refractivity contribution >= 4 is 23.3 Å². The third-order valence-electron chi connectivity index (χ3n) is 5.12. The monoisotopic (exact) mass is 383 g/mol. The van der Waals surface area contributed by atoms with Crippen LogP contribution in [0.25, 0.3) is 6.08 Å². The van der Waals surface area contributed by atoms with Gasteiger partial charge in [0.2, 0.25) is 0 Å². The Morgan fingerprint density at radius 1 is 1.48 bits per heavy atom. The molecule has 0 saturated carbocycles. The molecule has 0 N–H and O–H groups in total. The summed E-state index contributed by atoms with van der Waals surface area (Å²) in [5.74, 6) is -0.191. The summed E-state index contributed by atoms with van der Waals surface area (Å²) < 4.78 is 7.46. The van der Waals surface area contributed by atoms with E-state index in [0.717, 1.165) is 23.4 Å². The quantitative estimate of drug-likeness (QED) is 0.582. The molecule has 0 spiro atoms. The van der Waals surface area contributed by atoms with Gasteiger partial charge in [0.05, 0.1) is 12.6 Å². The number of aryl methyl sites for hydroxylation is 1. The summed E-state index contributed by atoms with van der Waals surface area (Å²) in [5.41, 5.74) is 4.43. The molecule has 0 aliphatic carbocycles. The summed E-state index contributed by atoms with van der Waals surface area (Å²) >= 11 is 1.74. The zero-order valence-corrected chi connectivity index (χ0v) is 17.1. The first-order valence-corrected chi connectivity index (χ1v) is 9.98. The van der Waals surface area contributed by atoms with Crippen LogP contribution in [0.5, 0.6) is 0 Å². The molecule has 142 valence electrons. The average Bonchev–Trinajstić information content (AvgIpc) is 3.22. The van der Waals surface area contributed by atoms with E-state index in [4.69, 9.17) is 4.74 Å². The van der Waals surface area contributed by atoms with E-state index in [1.807, 2.05) is 19.9 Å². The Bertz CT molecular complexity index is 916. The summed E-state index contributed by atoms with van der Waals surface area (Å²) in [6.07, 6.45) is 2.59. The second-order valence-electron chi connectivity index (χ2n) is 7.02. The van der Waals surface area contributed by atoms with Gasteiger partial charge in [-0.15, -0.1) is 11.3 Å². The Morgan fingerprint density at radius 2 is 2.26 bits per heavy atom. The fourth-order valence-corrected chi connectivity index (χ4v) is 4.72. The molecule has 3 rings (SSSR count).